The Balaban J connectivity index is 2.66. The number of aryl methyl sites for hydroxylation is 1. The molecule has 90 valence electrons. The van der Waals surface area contributed by atoms with E-state index in [9.17, 15) is 4.79 Å². The van der Waals surface area contributed by atoms with E-state index in [1.807, 2.05) is 0 Å². The Kier molecular flexibility index (Phi) is 4.10. The molecule has 0 bridgehead atoms. The smallest absolute Gasteiger partial charge is 0.248 e. The molecule has 0 aliphatic carbocycles. The van der Waals surface area contributed by atoms with Crippen molar-refractivity contribution in [1.82, 2.24) is 5.32 Å². The van der Waals surface area contributed by atoms with E-state index in [4.69, 9.17) is 5.11 Å². The molecule has 0 aromatic carbocycles. The van der Waals surface area contributed by atoms with Crippen LogP contribution < -0.4 is 5.32 Å². The minimum Gasteiger partial charge on any atom is -0.384 e. The molecule has 0 fully saturated rings. The van der Waals surface area contributed by atoms with Crippen molar-refractivity contribution in [2.24, 2.45) is 0 Å². The molecule has 1 aromatic rings. The van der Waals surface area contributed by atoms with Gasteiger partial charge in [0.25, 0.3) is 0 Å². The van der Waals surface area contributed by atoms with Crippen LogP contribution in [0.3, 0.4) is 0 Å². The van der Waals surface area contributed by atoms with Crippen molar-refractivity contribution in [2.45, 2.75) is 39.2 Å². The topological polar surface area (TPSA) is 49.3 Å². The van der Waals surface area contributed by atoms with Gasteiger partial charge < -0.3 is 10.4 Å². The molecule has 4 heteroatoms. The summed E-state index contributed by atoms with van der Waals surface area (Å²) in [5.41, 5.74) is 1.16. The Morgan fingerprint density at radius 1 is 1.62 bits per heavy atom. The first kappa shape index (κ1) is 13.2. The van der Waals surface area contributed by atoms with Crippen LogP contribution in [0.4, 0.5) is 0 Å². The molecule has 0 spiro atoms. The number of carbonyl (C=O) groups excluding carboxylic acids is 1. The first-order valence-electron chi connectivity index (χ1n) is 5.35. The van der Waals surface area contributed by atoms with Crippen molar-refractivity contribution < 1.29 is 9.90 Å². The zero-order valence-corrected chi connectivity index (χ0v) is 11.0. The van der Waals surface area contributed by atoms with Crippen molar-refractivity contribution in [3.8, 4) is 0 Å². The van der Waals surface area contributed by atoms with Gasteiger partial charge in [0.15, 0.2) is 0 Å². The van der Waals surface area contributed by atoms with Crippen molar-refractivity contribution in [3.05, 3.63) is 21.9 Å². The maximum absolute atomic E-state index is 11.3. The second-order valence-corrected chi connectivity index (χ2v) is 5.63. The third kappa shape index (κ3) is 3.06. The number of thiophene rings is 1. The Morgan fingerprint density at radius 3 is 2.69 bits per heavy atom. The second kappa shape index (κ2) is 4.97. The lowest BCUT2D eigenvalue weighted by molar-refractivity contribution is -0.128. The second-order valence-electron chi connectivity index (χ2n) is 4.71. The number of nitrogens with one attached hydrogen (secondary N) is 1. The zero-order chi connectivity index (χ0) is 12.3. The molecule has 1 aromatic heterocycles. The Bertz CT molecular complexity index is 369. The molecule has 1 heterocycles. The van der Waals surface area contributed by atoms with Crippen LogP contribution in [0.5, 0.6) is 0 Å². The molecule has 0 aliphatic heterocycles. The fraction of sp³-hybridized carbons (Fsp3) is 0.583. The molecule has 1 unspecified atom stereocenters. The normalized spacial score (nSPS) is 13.6. The van der Waals surface area contributed by atoms with Crippen LogP contribution in [-0.4, -0.2) is 23.7 Å². The molecule has 3 nitrogen and oxygen atoms in total. The summed E-state index contributed by atoms with van der Waals surface area (Å²) in [4.78, 5) is 12.6. The van der Waals surface area contributed by atoms with E-state index in [2.05, 4.69) is 37.5 Å². The van der Waals surface area contributed by atoms with Crippen LogP contribution in [0.2, 0.25) is 0 Å². The predicted molar refractivity (Wildman–Crippen MR) is 66.8 cm³/mol. The fourth-order valence-corrected chi connectivity index (χ4v) is 2.66. The maximum atomic E-state index is 11.3. The number of rotatable bonds is 4. The highest BCUT2D eigenvalue weighted by Crippen LogP contribution is 2.30. The lowest BCUT2D eigenvalue weighted by Gasteiger charge is -2.25. The first-order valence-corrected chi connectivity index (χ1v) is 6.23. The average molecular weight is 241 g/mol. The molecule has 0 radical (unpaired) electrons. The number of aliphatic hydroxyl groups excluding tert-OH is 1. The van der Waals surface area contributed by atoms with Crippen LogP contribution in [0.25, 0.3) is 0 Å². The Morgan fingerprint density at radius 2 is 2.25 bits per heavy atom. The van der Waals surface area contributed by atoms with Gasteiger partial charge in [-0.05, 0) is 30.9 Å². The van der Waals surface area contributed by atoms with E-state index in [1.165, 1.54) is 17.4 Å². The molecule has 0 saturated heterocycles. The van der Waals surface area contributed by atoms with Gasteiger partial charge in [0, 0.05) is 16.8 Å². The molecule has 16 heavy (non-hydrogen) atoms. The van der Waals surface area contributed by atoms with Crippen LogP contribution in [0.15, 0.2) is 11.4 Å². The largest absolute Gasteiger partial charge is 0.384 e. The molecular weight excluding hydrogens is 222 g/mol. The van der Waals surface area contributed by atoms with Crippen LogP contribution >= 0.6 is 11.3 Å². The minimum atomic E-state index is -0.944. The molecule has 1 rings (SSSR count). The summed E-state index contributed by atoms with van der Waals surface area (Å²) in [6, 6.07) is 2.08. The average Bonchev–Trinajstić information content (AvgIpc) is 2.61. The Labute approximate surface area is 100 Å². The van der Waals surface area contributed by atoms with Gasteiger partial charge in [-0.3, -0.25) is 4.79 Å². The molecule has 1 atom stereocenters. The van der Waals surface area contributed by atoms with Gasteiger partial charge in [-0.25, -0.2) is 0 Å². The summed E-state index contributed by atoms with van der Waals surface area (Å²) in [6.45, 7) is 8.27. The maximum Gasteiger partial charge on any atom is 0.248 e. The third-order valence-corrected chi connectivity index (χ3v) is 3.94. The van der Waals surface area contributed by atoms with Crippen molar-refractivity contribution in [2.75, 3.05) is 6.54 Å². The SMILES string of the molecule is Cc1ccsc1C(C)(C)CNC(=O)C(C)O. The van der Waals surface area contributed by atoms with E-state index < -0.39 is 6.10 Å². The van der Waals surface area contributed by atoms with E-state index >= 15 is 0 Å². The van der Waals surface area contributed by atoms with Gasteiger partial charge in [-0.15, -0.1) is 11.3 Å². The molecule has 0 aliphatic rings. The van der Waals surface area contributed by atoms with Gasteiger partial charge in [0.2, 0.25) is 5.91 Å². The summed E-state index contributed by atoms with van der Waals surface area (Å²) >= 11 is 1.70. The number of carbonyl (C=O) groups is 1. The van der Waals surface area contributed by atoms with Gasteiger partial charge in [0.1, 0.15) is 6.10 Å². The highest BCUT2D eigenvalue weighted by Gasteiger charge is 2.25. The lowest BCUT2D eigenvalue weighted by atomic mass is 9.89. The first-order chi connectivity index (χ1) is 7.34. The predicted octanol–water partition coefficient (Wildman–Crippen LogP) is 1.83. The quantitative estimate of drug-likeness (QED) is 0.845. The molecular formula is C12H19NO2S. The van der Waals surface area contributed by atoms with Gasteiger partial charge in [-0.2, -0.15) is 0 Å². The molecule has 0 saturated carbocycles. The van der Waals surface area contributed by atoms with E-state index in [-0.39, 0.29) is 11.3 Å². The number of amides is 1. The Hall–Kier alpha value is -0.870. The summed E-state index contributed by atoms with van der Waals surface area (Å²) in [6.07, 6.45) is -0.944. The van der Waals surface area contributed by atoms with Gasteiger partial charge >= 0.3 is 0 Å². The van der Waals surface area contributed by atoms with E-state index in [0.717, 1.165) is 0 Å². The van der Waals surface area contributed by atoms with Crippen molar-refractivity contribution >= 4 is 17.2 Å². The lowest BCUT2D eigenvalue weighted by Crippen LogP contribution is -2.40. The standard InChI is InChI=1S/C12H19NO2S/c1-8-5-6-16-10(8)12(3,4)7-13-11(15)9(2)14/h5-6,9,14H,7H2,1-4H3,(H,13,15). The molecule has 1 amide bonds. The summed E-state index contributed by atoms with van der Waals surface area (Å²) in [7, 11) is 0. The number of hydrogen-bond acceptors (Lipinski definition) is 3. The van der Waals surface area contributed by atoms with E-state index in [1.54, 1.807) is 11.3 Å². The van der Waals surface area contributed by atoms with Crippen LogP contribution in [0, 0.1) is 6.92 Å². The van der Waals surface area contributed by atoms with Crippen molar-refractivity contribution in [3.63, 3.8) is 0 Å². The number of aliphatic hydroxyl groups is 1. The summed E-state index contributed by atoms with van der Waals surface area (Å²) < 4.78 is 0. The minimum absolute atomic E-state index is 0.0944. The monoisotopic (exact) mass is 241 g/mol. The highest BCUT2D eigenvalue weighted by atomic mass is 32.1. The van der Waals surface area contributed by atoms with Crippen LogP contribution in [0.1, 0.15) is 31.2 Å². The fourth-order valence-electron chi connectivity index (χ4n) is 1.60. The zero-order valence-electron chi connectivity index (χ0n) is 10.2. The summed E-state index contributed by atoms with van der Waals surface area (Å²) in [5, 5.41) is 13.9. The van der Waals surface area contributed by atoms with Crippen LogP contribution in [-0.2, 0) is 10.2 Å². The van der Waals surface area contributed by atoms with Gasteiger partial charge in [-0.1, -0.05) is 13.8 Å². The molecule has 2 N–H and O–H groups in total. The van der Waals surface area contributed by atoms with E-state index in [0.29, 0.717) is 6.54 Å². The number of hydrogen-bond donors (Lipinski definition) is 2. The van der Waals surface area contributed by atoms with Crippen molar-refractivity contribution in [1.29, 1.82) is 0 Å². The highest BCUT2D eigenvalue weighted by molar-refractivity contribution is 7.10. The third-order valence-electron chi connectivity index (χ3n) is 2.56. The summed E-state index contributed by atoms with van der Waals surface area (Å²) in [5.74, 6) is -0.317. The van der Waals surface area contributed by atoms with Gasteiger partial charge in [0.05, 0.1) is 0 Å².